The minimum absolute atomic E-state index is 0. The van der Waals surface area contributed by atoms with Crippen LogP contribution in [0.5, 0.6) is 0 Å². The number of nitrogens with one attached hydrogen (secondary N) is 1. The van der Waals surface area contributed by atoms with Crippen molar-refractivity contribution in [3.8, 4) is 0 Å². The van der Waals surface area contributed by atoms with Gasteiger partial charge in [0.05, 0.1) is 16.6 Å². The first-order chi connectivity index (χ1) is 16.6. The highest BCUT2D eigenvalue weighted by Gasteiger charge is 2.14. The normalized spacial score (nSPS) is 11.0. The number of nitrogens with zero attached hydrogens (tertiary/aromatic N) is 2. The lowest BCUT2D eigenvalue weighted by Gasteiger charge is -2.10. The number of halogens is 1. The first-order valence-corrected chi connectivity index (χ1v) is 12.9. The summed E-state index contributed by atoms with van der Waals surface area (Å²) < 4.78 is 2.42. The third-order valence-electron chi connectivity index (χ3n) is 6.76. The molecular formula is C30H39IN4. The molecule has 4 rings (SSSR count). The van der Waals surface area contributed by atoms with Crippen LogP contribution in [0.25, 0.3) is 21.8 Å². The summed E-state index contributed by atoms with van der Waals surface area (Å²) in [5.41, 5.74) is 13.0. The molecule has 4 aromatic rings. The molecule has 0 bridgehead atoms. The molecule has 4 nitrogen and oxygen atoms in total. The van der Waals surface area contributed by atoms with Crippen LogP contribution in [0.15, 0.2) is 60.7 Å². The van der Waals surface area contributed by atoms with E-state index in [-0.39, 0.29) is 24.0 Å². The number of hydrogen-bond acceptors (Lipinski definition) is 3. The van der Waals surface area contributed by atoms with E-state index in [9.17, 15) is 0 Å². The molecular weight excluding hydrogens is 543 g/mol. The Morgan fingerprint density at radius 1 is 0.771 bits per heavy atom. The number of aryl methyl sites for hydroxylation is 3. The molecule has 0 aliphatic carbocycles. The van der Waals surface area contributed by atoms with Gasteiger partial charge in [-0.15, -0.1) is 0 Å². The Hall–Kier alpha value is -2.41. The van der Waals surface area contributed by atoms with Crippen molar-refractivity contribution in [1.82, 2.24) is 4.98 Å². The average Bonchev–Trinajstić information content (AvgIpc) is 2.84. The lowest BCUT2D eigenvalue weighted by Crippen LogP contribution is -3.00. The number of nitrogens with two attached hydrogens (primary N) is 1. The molecule has 0 radical (unpaired) electrons. The lowest BCUT2D eigenvalue weighted by atomic mass is 10.1. The molecule has 0 fully saturated rings. The minimum Gasteiger partial charge on any atom is -1.00 e. The number of aromatic nitrogens is 2. The Morgan fingerprint density at radius 2 is 1.40 bits per heavy atom. The maximum Gasteiger partial charge on any atom is 0.214 e. The van der Waals surface area contributed by atoms with E-state index in [1.165, 1.54) is 73.7 Å². The van der Waals surface area contributed by atoms with Crippen LogP contribution in [0.2, 0.25) is 0 Å². The average molecular weight is 583 g/mol. The predicted molar refractivity (Wildman–Crippen MR) is 145 cm³/mol. The van der Waals surface area contributed by atoms with E-state index in [0.29, 0.717) is 0 Å². The second-order valence-corrected chi connectivity index (χ2v) is 9.49. The van der Waals surface area contributed by atoms with Gasteiger partial charge in [-0.2, -0.15) is 4.57 Å². The number of anilines is 2. The van der Waals surface area contributed by atoms with E-state index in [1.54, 1.807) is 0 Å². The number of hydrogen-bond donors (Lipinski definition) is 2. The summed E-state index contributed by atoms with van der Waals surface area (Å²) >= 11 is 0. The molecule has 186 valence electrons. The lowest BCUT2D eigenvalue weighted by molar-refractivity contribution is -0.677. The third kappa shape index (κ3) is 7.29. The summed E-state index contributed by atoms with van der Waals surface area (Å²) in [6.07, 6.45) is 10.4. The molecule has 35 heavy (non-hydrogen) atoms. The maximum atomic E-state index is 6.22. The zero-order valence-corrected chi connectivity index (χ0v) is 23.4. The molecule has 0 saturated heterocycles. The maximum absolute atomic E-state index is 6.22. The fourth-order valence-corrected chi connectivity index (χ4v) is 4.95. The van der Waals surface area contributed by atoms with Crippen LogP contribution in [0.1, 0.15) is 62.8 Å². The van der Waals surface area contributed by atoms with E-state index in [4.69, 9.17) is 5.73 Å². The van der Waals surface area contributed by atoms with Crippen LogP contribution in [0, 0.1) is 13.8 Å². The van der Waals surface area contributed by atoms with Crippen molar-refractivity contribution in [2.45, 2.75) is 71.8 Å². The Balaban J connectivity index is 0.00000342. The van der Waals surface area contributed by atoms with Crippen molar-refractivity contribution in [3.63, 3.8) is 0 Å². The van der Waals surface area contributed by atoms with Gasteiger partial charge in [-0.1, -0.05) is 62.4 Å². The van der Waals surface area contributed by atoms with E-state index < -0.39 is 0 Å². The topological polar surface area (TPSA) is 54.8 Å². The highest BCUT2D eigenvalue weighted by atomic mass is 127. The molecule has 5 heteroatoms. The van der Waals surface area contributed by atoms with Gasteiger partial charge < -0.3 is 35.0 Å². The Morgan fingerprint density at radius 3 is 2.17 bits per heavy atom. The monoisotopic (exact) mass is 582 g/mol. The molecule has 2 heterocycles. The Labute approximate surface area is 227 Å². The van der Waals surface area contributed by atoms with Crippen molar-refractivity contribution in [3.05, 3.63) is 72.1 Å². The fourth-order valence-electron chi connectivity index (χ4n) is 4.95. The van der Waals surface area contributed by atoms with E-state index in [0.717, 1.165) is 35.4 Å². The summed E-state index contributed by atoms with van der Waals surface area (Å²) in [4.78, 5) is 4.63. The smallest absolute Gasteiger partial charge is 0.214 e. The standard InChI is InChI=1S/C30H38N4.HI/c1-23-21-29(26-16-9-11-17-28(26)33-23)32-19-13-7-5-3-4-6-8-14-20-34-24(2)22-27(31)25-15-10-12-18-30(25)34;/h9-12,15-18,21-22,31H,3-8,13-14,19-20H2,1-2H3,(H,32,33);1H. The third-order valence-corrected chi connectivity index (χ3v) is 6.76. The predicted octanol–water partition coefficient (Wildman–Crippen LogP) is 4.11. The number of unbranched alkanes of at least 4 members (excludes halogenated alkanes) is 7. The largest absolute Gasteiger partial charge is 1.00 e. The van der Waals surface area contributed by atoms with Gasteiger partial charge >= 0.3 is 0 Å². The fraction of sp³-hybridized carbons (Fsp3) is 0.400. The number of fused-ring (bicyclic) bond motifs is 2. The van der Waals surface area contributed by atoms with Crippen molar-refractivity contribution in [2.75, 3.05) is 17.6 Å². The second kappa shape index (κ2) is 13.6. The SMILES string of the molecule is Cc1cc(NCCCCCCCCCC[n+]2c(C)cc(N)c3ccccc32)c2ccccc2n1.[I-]. The molecule has 0 unspecified atom stereocenters. The van der Waals surface area contributed by atoms with Crippen LogP contribution in [0.3, 0.4) is 0 Å². The summed E-state index contributed by atoms with van der Waals surface area (Å²) in [6.45, 7) is 6.33. The van der Waals surface area contributed by atoms with Gasteiger partial charge in [0.15, 0.2) is 5.69 Å². The number of para-hydroxylation sites is 2. The zero-order chi connectivity index (χ0) is 23.8. The van der Waals surface area contributed by atoms with Crippen molar-refractivity contribution in [1.29, 1.82) is 0 Å². The number of benzene rings is 2. The highest BCUT2D eigenvalue weighted by Crippen LogP contribution is 2.23. The van der Waals surface area contributed by atoms with E-state index in [1.807, 2.05) is 0 Å². The molecule has 2 aromatic heterocycles. The molecule has 0 aliphatic rings. The van der Waals surface area contributed by atoms with Gasteiger partial charge in [0.1, 0.15) is 6.54 Å². The first kappa shape index (κ1) is 27.2. The van der Waals surface area contributed by atoms with Crippen LogP contribution >= 0.6 is 0 Å². The first-order valence-electron chi connectivity index (χ1n) is 12.9. The minimum atomic E-state index is 0. The van der Waals surface area contributed by atoms with Crippen LogP contribution in [-0.2, 0) is 6.54 Å². The van der Waals surface area contributed by atoms with E-state index >= 15 is 0 Å². The van der Waals surface area contributed by atoms with Gasteiger partial charge in [-0.3, -0.25) is 4.98 Å². The quantitative estimate of drug-likeness (QED) is 0.150. The van der Waals surface area contributed by atoms with Crippen molar-refractivity contribution >= 4 is 33.2 Å². The number of rotatable bonds is 12. The van der Waals surface area contributed by atoms with Crippen molar-refractivity contribution in [2.24, 2.45) is 0 Å². The molecule has 0 spiro atoms. The molecule has 0 aliphatic heterocycles. The summed E-state index contributed by atoms with van der Waals surface area (Å²) in [5.74, 6) is 0. The number of pyridine rings is 2. The van der Waals surface area contributed by atoms with Crippen LogP contribution in [-0.4, -0.2) is 11.5 Å². The van der Waals surface area contributed by atoms with Gasteiger partial charge in [0, 0.05) is 48.8 Å². The summed E-state index contributed by atoms with van der Waals surface area (Å²) in [6, 6.07) is 21.1. The Kier molecular flexibility index (Phi) is 10.6. The molecule has 2 aromatic carbocycles. The van der Waals surface area contributed by atoms with Gasteiger partial charge in [-0.05, 0) is 38.0 Å². The summed E-state index contributed by atoms with van der Waals surface area (Å²) in [7, 11) is 0. The van der Waals surface area contributed by atoms with Crippen LogP contribution < -0.4 is 39.6 Å². The summed E-state index contributed by atoms with van der Waals surface area (Å²) in [5, 5.41) is 6.01. The molecule has 0 atom stereocenters. The Bertz CT molecular complexity index is 1240. The van der Waals surface area contributed by atoms with Gasteiger partial charge in [-0.25, -0.2) is 0 Å². The van der Waals surface area contributed by atoms with Gasteiger partial charge in [0.25, 0.3) is 0 Å². The second-order valence-electron chi connectivity index (χ2n) is 9.49. The molecule has 0 saturated carbocycles. The molecule has 0 amide bonds. The number of nitrogen functional groups attached to an aromatic ring is 1. The zero-order valence-electron chi connectivity index (χ0n) is 21.2. The highest BCUT2D eigenvalue weighted by molar-refractivity contribution is 5.91. The van der Waals surface area contributed by atoms with Gasteiger partial charge in [0.2, 0.25) is 5.52 Å². The molecule has 3 N–H and O–H groups in total. The van der Waals surface area contributed by atoms with Crippen molar-refractivity contribution < 1.29 is 28.5 Å². The van der Waals surface area contributed by atoms with Crippen LogP contribution in [0.4, 0.5) is 11.4 Å². The van der Waals surface area contributed by atoms with E-state index in [2.05, 4.69) is 89.4 Å².